The van der Waals surface area contributed by atoms with E-state index < -0.39 is 0 Å². The number of benzene rings is 2. The second-order valence-electron chi connectivity index (χ2n) is 10.00. The molecule has 3 aliphatic heterocycles. The number of aliphatic imine (C=N–C) groups is 1. The monoisotopic (exact) mass is 514 g/mol. The van der Waals surface area contributed by atoms with Crippen molar-refractivity contribution in [3.05, 3.63) is 60.3 Å². The van der Waals surface area contributed by atoms with Gasteiger partial charge in [0.15, 0.2) is 0 Å². The van der Waals surface area contributed by atoms with Crippen LogP contribution in [0.15, 0.2) is 59.7 Å². The third-order valence-electron chi connectivity index (χ3n) is 7.12. The molecule has 3 aromatic rings. The van der Waals surface area contributed by atoms with Gasteiger partial charge in [-0.3, -0.25) is 10.4 Å². The maximum atomic E-state index is 9.97. The summed E-state index contributed by atoms with van der Waals surface area (Å²) in [4.78, 5) is 18.4. The minimum Gasteiger partial charge on any atom is -0.391 e. The van der Waals surface area contributed by atoms with Gasteiger partial charge in [0.05, 0.1) is 30.7 Å². The number of piperidine rings is 1. The van der Waals surface area contributed by atoms with Gasteiger partial charge >= 0.3 is 0 Å². The smallest absolute Gasteiger partial charge is 0.227 e. The molecule has 1 atom stereocenters. The second-order valence-corrected chi connectivity index (χ2v) is 10.00. The fourth-order valence-electron chi connectivity index (χ4n) is 5.14. The molecule has 38 heavy (non-hydrogen) atoms. The number of morpholine rings is 1. The molecular weight excluding hydrogens is 480 g/mol. The van der Waals surface area contributed by atoms with Gasteiger partial charge in [0.2, 0.25) is 11.9 Å². The van der Waals surface area contributed by atoms with E-state index in [4.69, 9.17) is 9.72 Å². The van der Waals surface area contributed by atoms with E-state index in [2.05, 4.69) is 55.6 Å². The Balaban J connectivity index is 1.11. The van der Waals surface area contributed by atoms with Crippen molar-refractivity contribution in [3.63, 3.8) is 0 Å². The quantitative estimate of drug-likeness (QED) is 0.474. The molecule has 6 rings (SSSR count). The first kappa shape index (κ1) is 24.4. The number of hydrazine groups is 1. The molecule has 1 unspecified atom stereocenters. The summed E-state index contributed by atoms with van der Waals surface area (Å²) >= 11 is 0. The van der Waals surface area contributed by atoms with E-state index in [-0.39, 0.29) is 6.10 Å². The molecule has 0 aliphatic carbocycles. The number of β-amino-alcohol motifs (C(OH)–C–C–N with tert-alkyl or cyclic N) is 1. The molecule has 4 heterocycles. The number of aliphatic hydroxyl groups excluding tert-OH is 1. The Bertz CT molecular complexity index is 1290. The van der Waals surface area contributed by atoms with Crippen molar-refractivity contribution in [2.45, 2.75) is 25.9 Å². The van der Waals surface area contributed by atoms with Gasteiger partial charge in [0, 0.05) is 49.3 Å². The molecule has 0 spiro atoms. The Kier molecular flexibility index (Phi) is 6.98. The Morgan fingerprint density at radius 2 is 1.84 bits per heavy atom. The predicted octanol–water partition coefficient (Wildman–Crippen LogP) is 3.13. The number of aryl methyl sites for hydroxylation is 1. The normalized spacial score (nSPS) is 19.8. The zero-order valence-corrected chi connectivity index (χ0v) is 21.7. The summed E-state index contributed by atoms with van der Waals surface area (Å²) in [7, 11) is 0. The van der Waals surface area contributed by atoms with Crippen LogP contribution >= 0.6 is 0 Å². The predicted molar refractivity (Wildman–Crippen MR) is 150 cm³/mol. The minimum absolute atomic E-state index is 0.286. The van der Waals surface area contributed by atoms with Crippen LogP contribution in [0.4, 0.5) is 23.0 Å². The number of aromatic nitrogens is 2. The van der Waals surface area contributed by atoms with Crippen molar-refractivity contribution in [1.29, 1.82) is 0 Å². The molecule has 2 fully saturated rings. The number of hydrogen-bond acceptors (Lipinski definition) is 10. The number of aliphatic hydroxyl groups is 1. The van der Waals surface area contributed by atoms with E-state index in [0.29, 0.717) is 19.2 Å². The average molecular weight is 515 g/mol. The molecule has 2 aromatic carbocycles. The van der Waals surface area contributed by atoms with Gasteiger partial charge in [-0.05, 0) is 73.9 Å². The fraction of sp³-hybridized carbons (Fsp3) is 0.393. The lowest BCUT2D eigenvalue weighted by atomic mass is 10.1. The minimum atomic E-state index is -0.286. The van der Waals surface area contributed by atoms with Crippen LogP contribution in [0.25, 0.3) is 11.3 Å². The van der Waals surface area contributed by atoms with Crippen LogP contribution in [0.2, 0.25) is 0 Å². The number of guanidine groups is 1. The van der Waals surface area contributed by atoms with E-state index in [1.54, 1.807) is 6.20 Å². The van der Waals surface area contributed by atoms with Gasteiger partial charge in [-0.1, -0.05) is 0 Å². The maximum Gasteiger partial charge on any atom is 0.227 e. The SMILES string of the molecule is Cc1cc(-c2ccnc(Nc3ccc(N4CN=C(N5CCCC(O)C5)N4)cc3)n2)cc(N2CCOCC2)c1. The van der Waals surface area contributed by atoms with E-state index >= 15 is 0 Å². The highest BCUT2D eigenvalue weighted by Crippen LogP contribution is 2.27. The zero-order chi connectivity index (χ0) is 25.9. The topological polar surface area (TPSA) is 101 Å². The van der Waals surface area contributed by atoms with Gasteiger partial charge in [-0.25, -0.2) is 15.0 Å². The molecular formula is C28H34N8O2. The number of likely N-dealkylation sites (tertiary alicyclic amines) is 1. The molecule has 10 heteroatoms. The van der Waals surface area contributed by atoms with Gasteiger partial charge in [-0.15, -0.1) is 0 Å². The number of rotatable bonds is 5. The van der Waals surface area contributed by atoms with Crippen molar-refractivity contribution < 1.29 is 9.84 Å². The van der Waals surface area contributed by atoms with Gasteiger partial charge < -0.3 is 25.0 Å². The highest BCUT2D eigenvalue weighted by Gasteiger charge is 2.25. The summed E-state index contributed by atoms with van der Waals surface area (Å²) < 4.78 is 5.52. The summed E-state index contributed by atoms with van der Waals surface area (Å²) in [6.45, 7) is 7.50. The van der Waals surface area contributed by atoms with E-state index in [9.17, 15) is 5.11 Å². The summed E-state index contributed by atoms with van der Waals surface area (Å²) in [5.74, 6) is 1.38. The Morgan fingerprint density at radius 3 is 2.66 bits per heavy atom. The lowest BCUT2D eigenvalue weighted by Gasteiger charge is -2.32. The Morgan fingerprint density at radius 1 is 1.00 bits per heavy atom. The van der Waals surface area contributed by atoms with Crippen LogP contribution < -0.4 is 20.7 Å². The lowest BCUT2D eigenvalue weighted by molar-refractivity contribution is 0.102. The zero-order valence-electron chi connectivity index (χ0n) is 21.7. The number of anilines is 4. The Hall–Kier alpha value is -3.89. The first-order valence-corrected chi connectivity index (χ1v) is 13.3. The number of ether oxygens (including phenoxy) is 1. The molecule has 3 N–H and O–H groups in total. The van der Waals surface area contributed by atoms with Crippen molar-refractivity contribution in [2.75, 3.05) is 61.3 Å². The maximum absolute atomic E-state index is 9.97. The lowest BCUT2D eigenvalue weighted by Crippen LogP contribution is -2.49. The van der Waals surface area contributed by atoms with Crippen molar-refractivity contribution >= 4 is 29.0 Å². The number of nitrogens with zero attached hydrogens (tertiary/aromatic N) is 6. The third kappa shape index (κ3) is 5.51. The van der Waals surface area contributed by atoms with Gasteiger partial charge in [0.1, 0.15) is 6.67 Å². The van der Waals surface area contributed by atoms with Crippen LogP contribution in [-0.2, 0) is 4.74 Å². The summed E-state index contributed by atoms with van der Waals surface area (Å²) in [5, 5.41) is 15.3. The van der Waals surface area contributed by atoms with Crippen LogP contribution in [0, 0.1) is 6.92 Å². The summed E-state index contributed by atoms with van der Waals surface area (Å²) in [6, 6.07) is 16.6. The fourth-order valence-corrected chi connectivity index (χ4v) is 5.14. The molecule has 0 radical (unpaired) electrons. The van der Waals surface area contributed by atoms with Crippen LogP contribution in [0.1, 0.15) is 18.4 Å². The standard InChI is InChI=1S/C28H34N8O2/c1-20-15-21(17-24(16-20)34-11-13-38-14-12-34)26-8-9-29-27(32-26)31-22-4-6-23(7-5-22)36-19-30-28(33-36)35-10-2-3-25(37)18-35/h4-9,15-17,25,37H,2-3,10-14,18-19H2,1H3,(H,30,33)(H,29,31,32). The number of hydrogen-bond donors (Lipinski definition) is 3. The van der Waals surface area contributed by atoms with Gasteiger partial charge in [-0.2, -0.15) is 0 Å². The largest absolute Gasteiger partial charge is 0.391 e. The van der Waals surface area contributed by atoms with E-state index in [0.717, 1.165) is 74.3 Å². The molecule has 198 valence electrons. The van der Waals surface area contributed by atoms with Gasteiger partial charge in [0.25, 0.3) is 0 Å². The molecule has 0 bridgehead atoms. The first-order valence-electron chi connectivity index (χ1n) is 13.3. The highest BCUT2D eigenvalue weighted by atomic mass is 16.5. The van der Waals surface area contributed by atoms with Crippen molar-refractivity contribution in [2.24, 2.45) is 4.99 Å². The van der Waals surface area contributed by atoms with E-state index in [1.807, 2.05) is 35.3 Å². The second kappa shape index (κ2) is 10.8. The molecule has 0 saturated carbocycles. The number of nitrogens with one attached hydrogen (secondary N) is 2. The molecule has 0 amide bonds. The molecule has 1 aromatic heterocycles. The average Bonchev–Trinajstić information content (AvgIpc) is 3.44. The van der Waals surface area contributed by atoms with E-state index in [1.165, 1.54) is 11.3 Å². The molecule has 2 saturated heterocycles. The molecule has 10 nitrogen and oxygen atoms in total. The van der Waals surface area contributed by atoms with Crippen molar-refractivity contribution in [3.8, 4) is 11.3 Å². The van der Waals surface area contributed by atoms with Crippen LogP contribution in [0.5, 0.6) is 0 Å². The molecule has 3 aliphatic rings. The Labute approximate surface area is 222 Å². The van der Waals surface area contributed by atoms with Crippen LogP contribution in [-0.4, -0.2) is 78.1 Å². The van der Waals surface area contributed by atoms with Crippen LogP contribution in [0.3, 0.4) is 0 Å². The summed E-state index contributed by atoms with van der Waals surface area (Å²) in [6.07, 6.45) is 3.34. The first-order chi connectivity index (χ1) is 18.6. The summed E-state index contributed by atoms with van der Waals surface area (Å²) in [5.41, 5.74) is 9.64. The highest BCUT2D eigenvalue weighted by molar-refractivity contribution is 5.84. The third-order valence-corrected chi connectivity index (χ3v) is 7.12. The van der Waals surface area contributed by atoms with Crippen molar-refractivity contribution in [1.82, 2.24) is 20.3 Å².